The highest BCUT2D eigenvalue weighted by atomic mass is 32.2. The summed E-state index contributed by atoms with van der Waals surface area (Å²) in [6, 6.07) is 8.59. The Kier molecular flexibility index (Phi) is 6.37. The van der Waals surface area contributed by atoms with Crippen LogP contribution in [0.15, 0.2) is 35.7 Å². The highest BCUT2D eigenvalue weighted by molar-refractivity contribution is 7.89. The highest BCUT2D eigenvalue weighted by Gasteiger charge is 2.41. The van der Waals surface area contributed by atoms with Crippen LogP contribution in [-0.4, -0.2) is 55.8 Å². The fourth-order valence-electron chi connectivity index (χ4n) is 4.42. The smallest absolute Gasteiger partial charge is 0.222 e. The Morgan fingerprint density at radius 3 is 2.52 bits per heavy atom. The normalized spacial score (nSPS) is 24.4. The maximum Gasteiger partial charge on any atom is 0.222 e. The van der Waals surface area contributed by atoms with Gasteiger partial charge in [-0.05, 0) is 43.3 Å². The minimum atomic E-state index is -3.57. The molecular formula is C22H28FN3O3S2. The molecule has 31 heavy (non-hydrogen) atoms. The third-order valence-electron chi connectivity index (χ3n) is 6.34. The van der Waals surface area contributed by atoms with Gasteiger partial charge in [-0.15, -0.1) is 11.3 Å². The minimum Gasteiger partial charge on any atom is -0.368 e. The Morgan fingerprint density at radius 2 is 1.90 bits per heavy atom. The highest BCUT2D eigenvalue weighted by Crippen LogP contribution is 2.40. The molecule has 4 rings (SSSR count). The van der Waals surface area contributed by atoms with Crippen LogP contribution in [0, 0.1) is 5.82 Å². The summed E-state index contributed by atoms with van der Waals surface area (Å²) in [5, 5.41) is 1.34. The molecule has 0 aliphatic carbocycles. The number of nitrogens with zero attached hydrogens (tertiary/aromatic N) is 3. The number of piperazine rings is 1. The van der Waals surface area contributed by atoms with Crippen LogP contribution in [0.2, 0.25) is 0 Å². The van der Waals surface area contributed by atoms with Crippen molar-refractivity contribution in [1.29, 1.82) is 0 Å². The first-order valence-electron chi connectivity index (χ1n) is 10.6. The van der Waals surface area contributed by atoms with Crippen LogP contribution in [-0.2, 0) is 21.4 Å². The van der Waals surface area contributed by atoms with E-state index in [1.807, 2.05) is 30.5 Å². The van der Waals surface area contributed by atoms with Gasteiger partial charge in [0.25, 0.3) is 0 Å². The van der Waals surface area contributed by atoms with E-state index in [4.69, 9.17) is 0 Å². The number of thiophene rings is 1. The first-order chi connectivity index (χ1) is 14.8. The van der Waals surface area contributed by atoms with Gasteiger partial charge in [-0.25, -0.2) is 12.8 Å². The Hall–Kier alpha value is -1.97. The summed E-state index contributed by atoms with van der Waals surface area (Å²) < 4.78 is 43.1. The quantitative estimate of drug-likeness (QED) is 0.692. The number of anilines is 1. The zero-order valence-corrected chi connectivity index (χ0v) is 19.5. The van der Waals surface area contributed by atoms with Gasteiger partial charge in [0, 0.05) is 61.8 Å². The summed E-state index contributed by atoms with van der Waals surface area (Å²) in [5.41, 5.74) is 1.14. The molecule has 2 aliphatic rings. The monoisotopic (exact) mass is 465 g/mol. The number of rotatable bonds is 4. The van der Waals surface area contributed by atoms with Gasteiger partial charge >= 0.3 is 0 Å². The Labute approximate surface area is 187 Å². The lowest BCUT2D eigenvalue weighted by Gasteiger charge is -2.37. The molecule has 3 heterocycles. The van der Waals surface area contributed by atoms with Crippen molar-refractivity contribution in [3.63, 3.8) is 0 Å². The van der Waals surface area contributed by atoms with Crippen LogP contribution in [0.25, 0.3) is 0 Å². The lowest BCUT2D eigenvalue weighted by Crippen LogP contribution is -2.48. The molecule has 0 N–H and O–H groups in total. The van der Waals surface area contributed by atoms with Gasteiger partial charge in [0.2, 0.25) is 15.9 Å². The van der Waals surface area contributed by atoms with E-state index in [-0.39, 0.29) is 18.5 Å². The number of hydrogen-bond acceptors (Lipinski definition) is 5. The molecule has 2 atom stereocenters. The molecule has 1 amide bonds. The first kappa shape index (κ1) is 22.2. The Balaban J connectivity index is 1.50. The predicted molar refractivity (Wildman–Crippen MR) is 121 cm³/mol. The molecule has 168 valence electrons. The van der Waals surface area contributed by atoms with Crippen molar-refractivity contribution < 1.29 is 17.6 Å². The SMILES string of the molecule is CC(=O)N1CCN(c2ccc(CN3[C@@H](C)CCC(c4cccs4)S3(=O)=O)c(F)c2)CC1. The van der Waals surface area contributed by atoms with Crippen LogP contribution >= 0.6 is 11.3 Å². The zero-order chi connectivity index (χ0) is 22.2. The van der Waals surface area contributed by atoms with Gasteiger partial charge in [0.15, 0.2) is 0 Å². The number of hydrogen-bond donors (Lipinski definition) is 0. The molecule has 2 fully saturated rings. The Bertz CT molecular complexity index is 1030. The Morgan fingerprint density at radius 1 is 1.16 bits per heavy atom. The largest absolute Gasteiger partial charge is 0.368 e. The average molecular weight is 466 g/mol. The maximum atomic E-state index is 15.0. The van der Waals surface area contributed by atoms with Crippen LogP contribution in [0.1, 0.15) is 42.4 Å². The molecule has 9 heteroatoms. The third-order valence-corrected chi connectivity index (χ3v) is 9.82. The van der Waals surface area contributed by atoms with Crippen molar-refractivity contribution >= 4 is 33.0 Å². The number of carbonyl (C=O) groups is 1. The molecule has 0 spiro atoms. The van der Waals surface area contributed by atoms with Crippen molar-refractivity contribution in [1.82, 2.24) is 9.21 Å². The summed E-state index contributed by atoms with van der Waals surface area (Å²) >= 11 is 1.45. The molecule has 2 aromatic rings. The number of sulfonamides is 1. The number of halogens is 1. The van der Waals surface area contributed by atoms with Gasteiger partial charge in [0.1, 0.15) is 11.1 Å². The molecular weight excluding hydrogens is 437 g/mol. The number of benzene rings is 1. The summed E-state index contributed by atoms with van der Waals surface area (Å²) in [4.78, 5) is 16.2. The van der Waals surface area contributed by atoms with E-state index in [2.05, 4.69) is 4.90 Å². The summed E-state index contributed by atoms with van der Waals surface area (Å²) in [7, 11) is -3.57. The average Bonchev–Trinajstić information content (AvgIpc) is 3.26. The van der Waals surface area contributed by atoms with Gasteiger partial charge < -0.3 is 9.80 Å². The van der Waals surface area contributed by atoms with Gasteiger partial charge in [-0.2, -0.15) is 4.31 Å². The molecule has 1 aromatic carbocycles. The van der Waals surface area contributed by atoms with Crippen LogP contribution < -0.4 is 4.90 Å². The molecule has 0 bridgehead atoms. The fraction of sp³-hybridized carbons (Fsp3) is 0.500. The molecule has 2 aliphatic heterocycles. The minimum absolute atomic E-state index is 0.0373. The second kappa shape index (κ2) is 8.88. The molecule has 1 aromatic heterocycles. The van der Waals surface area contributed by atoms with E-state index in [9.17, 15) is 13.2 Å². The molecule has 2 saturated heterocycles. The topological polar surface area (TPSA) is 60.9 Å². The predicted octanol–water partition coefficient (Wildman–Crippen LogP) is 3.61. The zero-order valence-electron chi connectivity index (χ0n) is 17.8. The first-order valence-corrected chi connectivity index (χ1v) is 13.0. The summed E-state index contributed by atoms with van der Waals surface area (Å²) in [6.45, 7) is 6.02. The van der Waals surface area contributed by atoms with Crippen molar-refractivity contribution in [2.45, 2.75) is 44.5 Å². The lowest BCUT2D eigenvalue weighted by molar-refractivity contribution is -0.129. The number of carbonyl (C=O) groups excluding carboxylic acids is 1. The standard InChI is InChI=1S/C22H28FN3O3S2/c1-16-5-8-22(21-4-3-13-30-21)31(28,29)26(16)15-18-6-7-19(14-20(18)23)25-11-9-24(10-12-25)17(2)27/h3-4,6-7,13-14,16,22H,5,8-12,15H2,1-2H3/t16-,22?/m0/s1. The number of amides is 1. The maximum absolute atomic E-state index is 15.0. The summed E-state index contributed by atoms with van der Waals surface area (Å²) in [6.07, 6.45) is 1.34. The lowest BCUT2D eigenvalue weighted by atomic mass is 10.1. The third kappa shape index (κ3) is 4.49. The molecule has 0 radical (unpaired) electrons. The van der Waals surface area contributed by atoms with E-state index < -0.39 is 21.1 Å². The molecule has 1 unspecified atom stereocenters. The van der Waals surface area contributed by atoms with Crippen LogP contribution in [0.3, 0.4) is 0 Å². The van der Waals surface area contributed by atoms with Crippen molar-refractivity contribution in [2.24, 2.45) is 0 Å². The van der Waals surface area contributed by atoms with E-state index in [1.54, 1.807) is 17.9 Å². The second-order valence-corrected chi connectivity index (χ2v) is 11.3. The van der Waals surface area contributed by atoms with Gasteiger partial charge in [0.05, 0.1) is 0 Å². The van der Waals surface area contributed by atoms with Crippen LogP contribution in [0.5, 0.6) is 0 Å². The second-order valence-electron chi connectivity index (χ2n) is 8.29. The molecule has 0 saturated carbocycles. The van der Waals surface area contributed by atoms with Crippen molar-refractivity contribution in [3.05, 3.63) is 52.0 Å². The summed E-state index contributed by atoms with van der Waals surface area (Å²) in [5.74, 6) is -0.342. The fourth-order valence-corrected chi connectivity index (χ4v) is 7.75. The van der Waals surface area contributed by atoms with Crippen molar-refractivity contribution in [2.75, 3.05) is 31.1 Å². The van der Waals surface area contributed by atoms with E-state index >= 15 is 4.39 Å². The van der Waals surface area contributed by atoms with Gasteiger partial charge in [-0.1, -0.05) is 12.1 Å². The van der Waals surface area contributed by atoms with E-state index in [0.29, 0.717) is 38.2 Å². The van der Waals surface area contributed by atoms with Gasteiger partial charge in [-0.3, -0.25) is 4.79 Å². The van der Waals surface area contributed by atoms with Crippen molar-refractivity contribution in [3.8, 4) is 0 Å². The van der Waals surface area contributed by atoms with E-state index in [1.165, 1.54) is 21.7 Å². The van der Waals surface area contributed by atoms with E-state index in [0.717, 1.165) is 17.0 Å². The molecule has 6 nitrogen and oxygen atoms in total. The van der Waals surface area contributed by atoms with Crippen LogP contribution in [0.4, 0.5) is 10.1 Å².